The van der Waals surface area contributed by atoms with Crippen molar-refractivity contribution in [3.05, 3.63) is 93.0 Å². The Morgan fingerprint density at radius 3 is 2.50 bits per heavy atom. The van der Waals surface area contributed by atoms with E-state index in [9.17, 15) is 23.5 Å². The number of nitrogens with zero attached hydrogens (tertiary/aromatic N) is 3. The number of benzene rings is 2. The number of aliphatic hydroxyl groups is 1. The van der Waals surface area contributed by atoms with Crippen molar-refractivity contribution in [1.29, 1.82) is 0 Å². The fourth-order valence-corrected chi connectivity index (χ4v) is 3.57. The van der Waals surface area contributed by atoms with E-state index in [0.29, 0.717) is 16.8 Å². The number of halogens is 3. The lowest BCUT2D eigenvalue weighted by Gasteiger charge is -2.09. The minimum Gasteiger partial charge on any atom is -0.392 e. The van der Waals surface area contributed by atoms with Crippen LogP contribution < -0.4 is 10.9 Å². The van der Waals surface area contributed by atoms with Crippen molar-refractivity contribution in [3.63, 3.8) is 0 Å². The van der Waals surface area contributed by atoms with Crippen LogP contribution in [0.4, 0.5) is 8.78 Å². The van der Waals surface area contributed by atoms with E-state index in [2.05, 4.69) is 10.4 Å². The van der Waals surface area contributed by atoms with Gasteiger partial charge >= 0.3 is 0 Å². The summed E-state index contributed by atoms with van der Waals surface area (Å²) in [6.07, 6.45) is 2.90. The van der Waals surface area contributed by atoms with E-state index in [1.165, 1.54) is 57.9 Å². The third kappa shape index (κ3) is 4.25. The molecule has 0 aliphatic carbocycles. The van der Waals surface area contributed by atoms with Crippen LogP contribution in [0.5, 0.6) is 0 Å². The van der Waals surface area contributed by atoms with Gasteiger partial charge in [-0.15, -0.1) is 0 Å². The first-order chi connectivity index (χ1) is 15.4. The van der Waals surface area contributed by atoms with Crippen LogP contribution in [0.25, 0.3) is 16.8 Å². The Kier molecular flexibility index (Phi) is 6.02. The van der Waals surface area contributed by atoms with Crippen molar-refractivity contribution in [2.45, 2.75) is 19.7 Å². The van der Waals surface area contributed by atoms with Gasteiger partial charge in [0.15, 0.2) is 0 Å². The molecule has 10 heteroatoms. The molecule has 0 spiro atoms. The van der Waals surface area contributed by atoms with Crippen LogP contribution in [-0.2, 0) is 24.5 Å². The first kappa shape index (κ1) is 21.7. The van der Waals surface area contributed by atoms with Crippen molar-refractivity contribution in [2.24, 2.45) is 0 Å². The SMILES string of the molecule is O=C(Cn1ccn2nc(-c3ccc(F)cc3)c(CO)c2c1=O)NCc1ccc(F)cc1Cl. The third-order valence-electron chi connectivity index (χ3n) is 4.94. The Hall–Kier alpha value is -3.56. The smallest absolute Gasteiger partial charge is 0.277 e. The van der Waals surface area contributed by atoms with Gasteiger partial charge < -0.3 is 15.0 Å². The van der Waals surface area contributed by atoms with E-state index in [1.807, 2.05) is 0 Å². The van der Waals surface area contributed by atoms with Gasteiger partial charge in [-0.2, -0.15) is 5.10 Å². The number of aromatic nitrogens is 3. The molecule has 0 saturated heterocycles. The number of fused-ring (bicyclic) bond motifs is 1. The van der Waals surface area contributed by atoms with Gasteiger partial charge in [-0.25, -0.2) is 13.3 Å². The Morgan fingerprint density at radius 2 is 1.81 bits per heavy atom. The van der Waals surface area contributed by atoms with Gasteiger partial charge in [-0.05, 0) is 42.0 Å². The van der Waals surface area contributed by atoms with Gasteiger partial charge in [0, 0.05) is 35.1 Å². The molecule has 32 heavy (non-hydrogen) atoms. The van der Waals surface area contributed by atoms with E-state index in [4.69, 9.17) is 11.6 Å². The molecular formula is C22H17ClF2N4O3. The Morgan fingerprint density at radius 1 is 1.09 bits per heavy atom. The summed E-state index contributed by atoms with van der Waals surface area (Å²) in [5.74, 6) is -1.36. The van der Waals surface area contributed by atoms with Crippen molar-refractivity contribution < 1.29 is 18.7 Å². The third-order valence-corrected chi connectivity index (χ3v) is 5.29. The predicted octanol–water partition coefficient (Wildman–Crippen LogP) is 2.90. The summed E-state index contributed by atoms with van der Waals surface area (Å²) in [5.41, 5.74) is 1.29. The normalized spacial score (nSPS) is 11.1. The Balaban J connectivity index is 1.59. The van der Waals surface area contributed by atoms with Crippen LogP contribution in [0.2, 0.25) is 5.02 Å². The molecule has 1 amide bonds. The number of hydrogen-bond donors (Lipinski definition) is 2. The first-order valence-electron chi connectivity index (χ1n) is 9.55. The number of carbonyl (C=O) groups is 1. The summed E-state index contributed by atoms with van der Waals surface area (Å²) < 4.78 is 28.9. The maximum absolute atomic E-state index is 13.2. The highest BCUT2D eigenvalue weighted by molar-refractivity contribution is 6.31. The summed E-state index contributed by atoms with van der Waals surface area (Å²) in [6, 6.07) is 9.38. The van der Waals surface area contributed by atoms with E-state index in [1.54, 1.807) is 0 Å². The average Bonchev–Trinajstić information content (AvgIpc) is 3.15. The van der Waals surface area contributed by atoms with E-state index in [-0.39, 0.29) is 29.2 Å². The molecule has 2 heterocycles. The molecule has 4 aromatic rings. The van der Waals surface area contributed by atoms with Gasteiger partial charge in [-0.3, -0.25) is 9.59 Å². The Labute approximate surface area is 185 Å². The highest BCUT2D eigenvalue weighted by Crippen LogP contribution is 2.25. The molecular weight excluding hydrogens is 442 g/mol. The van der Waals surface area contributed by atoms with Gasteiger partial charge in [-0.1, -0.05) is 17.7 Å². The number of rotatable bonds is 6. The lowest BCUT2D eigenvalue weighted by Crippen LogP contribution is -2.32. The highest BCUT2D eigenvalue weighted by Gasteiger charge is 2.18. The first-order valence-corrected chi connectivity index (χ1v) is 9.93. The lowest BCUT2D eigenvalue weighted by molar-refractivity contribution is -0.121. The van der Waals surface area contributed by atoms with E-state index >= 15 is 0 Å². The van der Waals surface area contributed by atoms with E-state index in [0.717, 1.165) is 6.07 Å². The molecule has 0 atom stereocenters. The van der Waals surface area contributed by atoms with Crippen molar-refractivity contribution in [1.82, 2.24) is 19.5 Å². The lowest BCUT2D eigenvalue weighted by atomic mass is 10.1. The topological polar surface area (TPSA) is 88.6 Å². The second-order valence-electron chi connectivity index (χ2n) is 7.03. The van der Waals surface area contributed by atoms with Gasteiger partial charge in [0.2, 0.25) is 5.91 Å². The minimum atomic E-state index is -0.521. The summed E-state index contributed by atoms with van der Waals surface area (Å²) in [6.45, 7) is -0.682. The average molecular weight is 459 g/mol. The molecule has 0 saturated carbocycles. The standard InChI is InChI=1S/C22H17ClF2N4O3/c23-18-9-16(25)6-3-14(18)10-26-19(31)11-28-7-8-29-21(22(28)32)17(12-30)20(27-29)13-1-4-15(24)5-2-13/h1-9,30H,10-12H2,(H,26,31). The van der Waals surface area contributed by atoms with Gasteiger partial charge in [0.05, 0.1) is 12.3 Å². The molecule has 4 rings (SSSR count). The second kappa shape index (κ2) is 8.89. The number of hydrogen-bond acceptors (Lipinski definition) is 4. The maximum Gasteiger partial charge on any atom is 0.277 e. The van der Waals surface area contributed by atoms with E-state index < -0.39 is 29.7 Å². The monoisotopic (exact) mass is 458 g/mol. The number of aliphatic hydroxyl groups excluding tert-OH is 1. The number of carbonyl (C=O) groups excluding carboxylic acids is 1. The summed E-state index contributed by atoms with van der Waals surface area (Å²) in [4.78, 5) is 25.4. The molecule has 0 bridgehead atoms. The second-order valence-corrected chi connectivity index (χ2v) is 7.44. The molecule has 0 aliphatic heterocycles. The molecule has 0 aliphatic rings. The molecule has 164 valence electrons. The quantitative estimate of drug-likeness (QED) is 0.465. The minimum absolute atomic E-state index is 0.0677. The van der Waals surface area contributed by atoms with Crippen LogP contribution in [-0.4, -0.2) is 25.2 Å². The van der Waals surface area contributed by atoms with Crippen molar-refractivity contribution in [3.8, 4) is 11.3 Å². The molecule has 0 unspecified atom stereocenters. The molecule has 2 aromatic carbocycles. The van der Waals surface area contributed by atoms with Crippen LogP contribution in [0.1, 0.15) is 11.1 Å². The largest absolute Gasteiger partial charge is 0.392 e. The zero-order chi connectivity index (χ0) is 22.8. The molecule has 7 nitrogen and oxygen atoms in total. The van der Waals surface area contributed by atoms with Crippen molar-refractivity contribution >= 4 is 23.0 Å². The highest BCUT2D eigenvalue weighted by atomic mass is 35.5. The number of amides is 1. The maximum atomic E-state index is 13.2. The molecule has 2 N–H and O–H groups in total. The van der Waals surface area contributed by atoms with Crippen LogP contribution in [0.15, 0.2) is 59.7 Å². The van der Waals surface area contributed by atoms with Crippen LogP contribution in [0.3, 0.4) is 0 Å². The fraction of sp³-hybridized carbons (Fsp3) is 0.136. The summed E-state index contributed by atoms with van der Waals surface area (Å²) in [5, 5.41) is 17.0. The fourth-order valence-electron chi connectivity index (χ4n) is 3.33. The number of nitrogens with one attached hydrogen (secondary N) is 1. The van der Waals surface area contributed by atoms with Gasteiger partial charge in [0.25, 0.3) is 5.56 Å². The van der Waals surface area contributed by atoms with Crippen LogP contribution >= 0.6 is 11.6 Å². The molecule has 0 radical (unpaired) electrons. The zero-order valence-corrected chi connectivity index (χ0v) is 17.3. The Bertz CT molecular complexity index is 1370. The summed E-state index contributed by atoms with van der Waals surface area (Å²) in [7, 11) is 0. The predicted molar refractivity (Wildman–Crippen MR) is 114 cm³/mol. The van der Waals surface area contributed by atoms with Crippen molar-refractivity contribution in [2.75, 3.05) is 0 Å². The molecule has 2 aromatic heterocycles. The molecule has 0 fully saturated rings. The van der Waals surface area contributed by atoms with Crippen LogP contribution in [0, 0.1) is 11.6 Å². The zero-order valence-electron chi connectivity index (χ0n) is 16.6. The summed E-state index contributed by atoms with van der Waals surface area (Å²) >= 11 is 5.96. The van der Waals surface area contributed by atoms with Gasteiger partial charge in [0.1, 0.15) is 23.7 Å².